The third kappa shape index (κ3) is 8.26. The largest absolute Gasteiger partial charge is 0.461 e. The first-order valence-corrected chi connectivity index (χ1v) is 12.7. The molecule has 0 saturated heterocycles. The van der Waals surface area contributed by atoms with Crippen molar-refractivity contribution in [3.8, 4) is 0 Å². The zero-order valence-corrected chi connectivity index (χ0v) is 20.5. The van der Waals surface area contributed by atoms with Gasteiger partial charge in [0.15, 0.2) is 0 Å². The average molecular weight is 490 g/mol. The fourth-order valence-corrected chi connectivity index (χ4v) is 3.77. The van der Waals surface area contributed by atoms with E-state index in [0.717, 1.165) is 24.6 Å². The van der Waals surface area contributed by atoms with Crippen LogP contribution in [0.5, 0.6) is 0 Å². The molecule has 2 aromatic rings. The van der Waals surface area contributed by atoms with Crippen molar-refractivity contribution in [3.05, 3.63) is 59.4 Å². The van der Waals surface area contributed by atoms with Crippen molar-refractivity contribution >= 4 is 27.8 Å². The maximum absolute atomic E-state index is 12.6. The molecule has 2 N–H and O–H groups in total. The number of carbonyl (C=O) groups excluding carboxylic acids is 3. The maximum Gasteiger partial charge on any atom is 0.356 e. The quantitative estimate of drug-likeness (QED) is 0.438. The van der Waals surface area contributed by atoms with Gasteiger partial charge in [0.25, 0.3) is 15.9 Å². The van der Waals surface area contributed by atoms with Gasteiger partial charge in [0, 0.05) is 19.2 Å². The number of nitrogens with one attached hydrogen (secondary N) is 2. The molecule has 0 saturated carbocycles. The number of ether oxygens (including phenoxy) is 1. The van der Waals surface area contributed by atoms with Crippen LogP contribution in [0.15, 0.2) is 47.5 Å². The van der Waals surface area contributed by atoms with E-state index in [4.69, 9.17) is 4.74 Å². The standard InChI is InChI=1S/C24H31N3O6S/c1-4-6-22(28)25-14-13-18-7-10-20(11-8-18)34(31,32)27-23(29)19-9-12-21(26-15-19)24(30)33-16-17(3)5-2/h7-12,15,17H,4-6,13-14,16H2,1-3H3,(H,25,28)(H,27,29). The number of esters is 1. The summed E-state index contributed by atoms with van der Waals surface area (Å²) in [5.74, 6) is -1.27. The van der Waals surface area contributed by atoms with Gasteiger partial charge in [-0.15, -0.1) is 0 Å². The number of carbonyl (C=O) groups is 3. The SMILES string of the molecule is CCCC(=O)NCCc1ccc(S(=O)(=O)NC(=O)c2ccc(C(=O)OCC(C)CC)nc2)cc1. The molecule has 184 valence electrons. The van der Waals surface area contributed by atoms with E-state index in [2.05, 4.69) is 10.3 Å². The highest BCUT2D eigenvalue weighted by molar-refractivity contribution is 7.90. The predicted molar refractivity (Wildman–Crippen MR) is 127 cm³/mol. The van der Waals surface area contributed by atoms with Crippen molar-refractivity contribution < 1.29 is 27.5 Å². The second-order valence-corrected chi connectivity index (χ2v) is 9.65. The summed E-state index contributed by atoms with van der Waals surface area (Å²) in [6.45, 7) is 6.59. The van der Waals surface area contributed by atoms with E-state index in [-0.39, 0.29) is 34.6 Å². The van der Waals surface area contributed by atoms with Gasteiger partial charge in [-0.2, -0.15) is 0 Å². The van der Waals surface area contributed by atoms with Crippen LogP contribution in [-0.4, -0.2) is 44.3 Å². The van der Waals surface area contributed by atoms with Crippen molar-refractivity contribution in [2.75, 3.05) is 13.2 Å². The lowest BCUT2D eigenvalue weighted by atomic mass is 10.1. The Bertz CT molecular complexity index is 1080. The lowest BCUT2D eigenvalue weighted by Crippen LogP contribution is -2.30. The van der Waals surface area contributed by atoms with Crippen molar-refractivity contribution in [3.63, 3.8) is 0 Å². The molecule has 0 bridgehead atoms. The van der Waals surface area contributed by atoms with Crippen LogP contribution >= 0.6 is 0 Å². The van der Waals surface area contributed by atoms with E-state index < -0.39 is 21.9 Å². The van der Waals surface area contributed by atoms with E-state index in [9.17, 15) is 22.8 Å². The van der Waals surface area contributed by atoms with Crippen LogP contribution in [0, 0.1) is 5.92 Å². The fourth-order valence-electron chi connectivity index (χ4n) is 2.80. The van der Waals surface area contributed by atoms with Crippen molar-refractivity contribution in [1.29, 1.82) is 0 Å². The lowest BCUT2D eigenvalue weighted by Gasteiger charge is -2.10. The summed E-state index contributed by atoms with van der Waals surface area (Å²) in [6.07, 6.45) is 3.79. The maximum atomic E-state index is 12.6. The van der Waals surface area contributed by atoms with Gasteiger partial charge in [-0.05, 0) is 48.6 Å². The number of pyridine rings is 1. The molecule has 34 heavy (non-hydrogen) atoms. The van der Waals surface area contributed by atoms with E-state index in [1.807, 2.05) is 25.5 Å². The van der Waals surface area contributed by atoms with Crippen molar-refractivity contribution in [2.24, 2.45) is 5.92 Å². The Morgan fingerprint density at radius 1 is 1.06 bits per heavy atom. The van der Waals surface area contributed by atoms with E-state index in [1.165, 1.54) is 24.3 Å². The van der Waals surface area contributed by atoms with Gasteiger partial charge < -0.3 is 10.1 Å². The summed E-state index contributed by atoms with van der Waals surface area (Å²) < 4.78 is 32.3. The summed E-state index contributed by atoms with van der Waals surface area (Å²) in [4.78, 5) is 39.8. The minimum absolute atomic E-state index is 0.0125. The van der Waals surface area contributed by atoms with Crippen LogP contribution < -0.4 is 10.0 Å². The first kappa shape index (κ1) is 27.0. The molecular weight excluding hydrogens is 458 g/mol. The second-order valence-electron chi connectivity index (χ2n) is 7.97. The second kappa shape index (κ2) is 12.8. The molecule has 2 rings (SSSR count). The van der Waals surface area contributed by atoms with Gasteiger partial charge in [0.05, 0.1) is 17.1 Å². The number of nitrogens with zero attached hydrogens (tertiary/aromatic N) is 1. The van der Waals surface area contributed by atoms with Gasteiger partial charge in [-0.3, -0.25) is 9.59 Å². The average Bonchev–Trinajstić information content (AvgIpc) is 2.82. The van der Waals surface area contributed by atoms with E-state index in [0.29, 0.717) is 19.4 Å². The molecule has 0 aliphatic rings. The highest BCUT2D eigenvalue weighted by Gasteiger charge is 2.20. The van der Waals surface area contributed by atoms with E-state index in [1.54, 1.807) is 12.1 Å². The monoisotopic (exact) mass is 489 g/mol. The summed E-state index contributed by atoms with van der Waals surface area (Å²) >= 11 is 0. The molecule has 9 nitrogen and oxygen atoms in total. The predicted octanol–water partition coefficient (Wildman–Crippen LogP) is 2.86. The molecule has 1 heterocycles. The molecule has 10 heteroatoms. The first-order chi connectivity index (χ1) is 16.2. The van der Waals surface area contributed by atoms with Crippen LogP contribution in [-0.2, 0) is 26.0 Å². The molecule has 0 aliphatic carbocycles. The number of rotatable bonds is 12. The number of hydrogen-bond acceptors (Lipinski definition) is 7. The van der Waals surface area contributed by atoms with Gasteiger partial charge in [-0.25, -0.2) is 22.9 Å². The highest BCUT2D eigenvalue weighted by atomic mass is 32.2. The molecule has 1 aromatic carbocycles. The van der Waals surface area contributed by atoms with Crippen LogP contribution in [0.2, 0.25) is 0 Å². The first-order valence-electron chi connectivity index (χ1n) is 11.2. The molecule has 0 aliphatic heterocycles. The smallest absolute Gasteiger partial charge is 0.356 e. The molecular formula is C24H31N3O6S. The minimum atomic E-state index is -4.10. The molecule has 0 radical (unpaired) electrons. The number of amides is 2. The molecule has 0 spiro atoms. The lowest BCUT2D eigenvalue weighted by molar-refractivity contribution is -0.121. The zero-order valence-electron chi connectivity index (χ0n) is 19.7. The Labute approximate surface area is 200 Å². The Morgan fingerprint density at radius 2 is 1.76 bits per heavy atom. The Kier molecular flexibility index (Phi) is 10.2. The molecule has 2 amide bonds. The Morgan fingerprint density at radius 3 is 2.35 bits per heavy atom. The van der Waals surface area contributed by atoms with Crippen LogP contribution in [0.4, 0.5) is 0 Å². The summed E-state index contributed by atoms with van der Waals surface area (Å²) in [6, 6.07) is 8.68. The third-order valence-electron chi connectivity index (χ3n) is 5.10. The van der Waals surface area contributed by atoms with Crippen molar-refractivity contribution in [2.45, 2.75) is 51.3 Å². The van der Waals surface area contributed by atoms with Gasteiger partial charge in [0.1, 0.15) is 5.69 Å². The Balaban J connectivity index is 1.94. The van der Waals surface area contributed by atoms with Gasteiger partial charge in [-0.1, -0.05) is 39.3 Å². The van der Waals surface area contributed by atoms with Gasteiger partial charge >= 0.3 is 5.97 Å². The fraction of sp³-hybridized carbons (Fsp3) is 0.417. The summed E-state index contributed by atoms with van der Waals surface area (Å²) in [5.41, 5.74) is 0.868. The Hall–Kier alpha value is -3.27. The van der Waals surface area contributed by atoms with Crippen LogP contribution in [0.3, 0.4) is 0 Å². The molecule has 1 aromatic heterocycles. The number of hydrogen-bond donors (Lipinski definition) is 2. The van der Waals surface area contributed by atoms with E-state index >= 15 is 0 Å². The third-order valence-corrected chi connectivity index (χ3v) is 6.45. The molecule has 1 atom stereocenters. The van der Waals surface area contributed by atoms with Crippen molar-refractivity contribution in [1.82, 2.24) is 15.0 Å². The molecule has 0 fully saturated rings. The summed E-state index contributed by atoms with van der Waals surface area (Å²) in [5, 5.41) is 2.80. The highest BCUT2D eigenvalue weighted by Crippen LogP contribution is 2.12. The van der Waals surface area contributed by atoms with Gasteiger partial charge in [0.2, 0.25) is 5.91 Å². The van der Waals surface area contributed by atoms with Crippen LogP contribution in [0.25, 0.3) is 0 Å². The number of benzene rings is 1. The zero-order chi connectivity index (χ0) is 25.1. The normalized spacial score (nSPS) is 12.0. The minimum Gasteiger partial charge on any atom is -0.461 e. The van der Waals surface area contributed by atoms with Crippen LogP contribution in [0.1, 0.15) is 66.4 Å². The molecule has 1 unspecified atom stereocenters. The summed E-state index contributed by atoms with van der Waals surface area (Å²) in [7, 11) is -4.10. The topological polar surface area (TPSA) is 132 Å². The number of aromatic nitrogens is 1. The number of sulfonamides is 1.